The van der Waals surface area contributed by atoms with Crippen LogP contribution in [0.5, 0.6) is 5.75 Å². The van der Waals surface area contributed by atoms with Crippen molar-refractivity contribution in [3.05, 3.63) is 29.3 Å². The Labute approximate surface area is 107 Å². The summed E-state index contributed by atoms with van der Waals surface area (Å²) in [5.41, 5.74) is 1.89. The molecule has 0 amide bonds. The molecule has 0 fully saturated rings. The number of carbonyl (C=O) groups is 2. The van der Waals surface area contributed by atoms with E-state index in [1.54, 1.807) is 6.07 Å². The molecule has 18 heavy (non-hydrogen) atoms. The molecule has 0 spiro atoms. The number of benzene rings is 1. The standard InChI is InChI=1S/C14H18O4/c1-4-10(2)13-5-12(8-17-9-15)6-14(7-13)18-11(3)16/h5-7,9-10H,4,8H2,1-3H3. The molecular formula is C14H18O4. The summed E-state index contributed by atoms with van der Waals surface area (Å²) in [7, 11) is 0. The van der Waals surface area contributed by atoms with Crippen molar-refractivity contribution in [1.82, 2.24) is 0 Å². The Balaban J connectivity index is 3.02. The molecule has 0 radical (unpaired) electrons. The minimum absolute atomic E-state index is 0.183. The second-order valence-corrected chi connectivity index (χ2v) is 4.22. The average Bonchev–Trinajstić information content (AvgIpc) is 2.34. The van der Waals surface area contributed by atoms with Crippen molar-refractivity contribution >= 4 is 12.4 Å². The molecule has 0 saturated heterocycles. The third kappa shape index (κ3) is 4.20. The first kappa shape index (κ1) is 14.2. The second kappa shape index (κ2) is 6.79. The normalized spacial score (nSPS) is 11.7. The molecule has 1 unspecified atom stereocenters. The fourth-order valence-electron chi connectivity index (χ4n) is 1.64. The zero-order chi connectivity index (χ0) is 13.5. The minimum atomic E-state index is -0.362. The van der Waals surface area contributed by atoms with E-state index in [1.165, 1.54) is 6.92 Å². The SMILES string of the molecule is CCC(C)c1cc(COC=O)cc(OC(C)=O)c1. The molecule has 0 aliphatic rings. The summed E-state index contributed by atoms with van der Waals surface area (Å²) >= 11 is 0. The van der Waals surface area contributed by atoms with E-state index in [2.05, 4.69) is 13.8 Å². The lowest BCUT2D eigenvalue weighted by molar-refractivity contribution is -0.132. The number of esters is 1. The average molecular weight is 250 g/mol. The zero-order valence-electron chi connectivity index (χ0n) is 10.9. The fraction of sp³-hybridized carbons (Fsp3) is 0.429. The van der Waals surface area contributed by atoms with E-state index in [1.807, 2.05) is 12.1 Å². The summed E-state index contributed by atoms with van der Waals surface area (Å²) in [6, 6.07) is 5.52. The van der Waals surface area contributed by atoms with Gasteiger partial charge in [0.05, 0.1) is 0 Å². The maximum atomic E-state index is 11.0. The van der Waals surface area contributed by atoms with Crippen molar-refractivity contribution in [1.29, 1.82) is 0 Å². The monoisotopic (exact) mass is 250 g/mol. The highest BCUT2D eigenvalue weighted by molar-refractivity contribution is 5.69. The molecule has 98 valence electrons. The molecular weight excluding hydrogens is 232 g/mol. The molecule has 0 bridgehead atoms. The lowest BCUT2D eigenvalue weighted by Crippen LogP contribution is -2.04. The van der Waals surface area contributed by atoms with Crippen LogP contribution in [0.4, 0.5) is 0 Å². The molecule has 0 heterocycles. The molecule has 0 N–H and O–H groups in total. The molecule has 1 rings (SSSR count). The third-order valence-electron chi connectivity index (χ3n) is 2.75. The van der Waals surface area contributed by atoms with Crippen LogP contribution in [0.25, 0.3) is 0 Å². The van der Waals surface area contributed by atoms with Crippen molar-refractivity contribution in [2.75, 3.05) is 0 Å². The molecule has 4 nitrogen and oxygen atoms in total. The lowest BCUT2D eigenvalue weighted by atomic mass is 9.96. The van der Waals surface area contributed by atoms with Gasteiger partial charge in [-0.25, -0.2) is 0 Å². The van der Waals surface area contributed by atoms with Crippen LogP contribution in [0.3, 0.4) is 0 Å². The van der Waals surface area contributed by atoms with Gasteiger partial charge in [-0.1, -0.05) is 19.9 Å². The van der Waals surface area contributed by atoms with Gasteiger partial charge in [0, 0.05) is 6.92 Å². The van der Waals surface area contributed by atoms with Gasteiger partial charge in [-0.15, -0.1) is 0 Å². The Kier molecular flexibility index (Phi) is 5.36. The topological polar surface area (TPSA) is 52.6 Å². The summed E-state index contributed by atoms with van der Waals surface area (Å²) in [6.07, 6.45) is 0.984. The number of rotatable bonds is 6. The smallest absolute Gasteiger partial charge is 0.308 e. The summed E-state index contributed by atoms with van der Waals surface area (Å²) in [5.74, 6) is 0.485. The summed E-state index contributed by atoms with van der Waals surface area (Å²) in [5, 5.41) is 0. The van der Waals surface area contributed by atoms with Crippen LogP contribution in [0.1, 0.15) is 44.2 Å². The van der Waals surface area contributed by atoms with Gasteiger partial charge < -0.3 is 9.47 Å². The zero-order valence-corrected chi connectivity index (χ0v) is 10.9. The van der Waals surface area contributed by atoms with Crippen molar-refractivity contribution in [2.45, 2.75) is 39.7 Å². The molecule has 4 heteroatoms. The maximum absolute atomic E-state index is 11.0. The van der Waals surface area contributed by atoms with E-state index in [4.69, 9.17) is 9.47 Å². The number of hydrogen-bond acceptors (Lipinski definition) is 4. The van der Waals surface area contributed by atoms with Gasteiger partial charge in [0.2, 0.25) is 0 Å². The molecule has 0 aliphatic heterocycles. The summed E-state index contributed by atoms with van der Waals surface area (Å²) in [6.45, 7) is 6.13. The van der Waals surface area contributed by atoms with Gasteiger partial charge in [-0.05, 0) is 35.6 Å². The Bertz CT molecular complexity index is 426. The molecule has 1 aromatic carbocycles. The fourth-order valence-corrected chi connectivity index (χ4v) is 1.64. The van der Waals surface area contributed by atoms with Crippen LogP contribution < -0.4 is 4.74 Å². The highest BCUT2D eigenvalue weighted by Crippen LogP contribution is 2.25. The largest absolute Gasteiger partial charge is 0.463 e. The Morgan fingerprint density at radius 1 is 1.39 bits per heavy atom. The highest BCUT2D eigenvalue weighted by atomic mass is 16.5. The first-order valence-electron chi connectivity index (χ1n) is 5.94. The van der Waals surface area contributed by atoms with E-state index >= 15 is 0 Å². The predicted octanol–water partition coefficient (Wildman–Crippen LogP) is 2.80. The first-order valence-corrected chi connectivity index (χ1v) is 5.94. The number of hydrogen-bond donors (Lipinski definition) is 0. The van der Waals surface area contributed by atoms with Gasteiger partial charge >= 0.3 is 5.97 Å². The quantitative estimate of drug-likeness (QED) is 0.442. The summed E-state index contributed by atoms with van der Waals surface area (Å²) < 4.78 is 9.81. The van der Waals surface area contributed by atoms with Crippen molar-refractivity contribution in [2.24, 2.45) is 0 Å². The Morgan fingerprint density at radius 3 is 2.67 bits per heavy atom. The van der Waals surface area contributed by atoms with E-state index in [0.717, 1.165) is 17.5 Å². The van der Waals surface area contributed by atoms with Crippen molar-refractivity contribution < 1.29 is 19.1 Å². The van der Waals surface area contributed by atoms with Crippen LogP contribution in [0.15, 0.2) is 18.2 Å². The van der Waals surface area contributed by atoms with Crippen LogP contribution >= 0.6 is 0 Å². The molecule has 0 saturated carbocycles. The maximum Gasteiger partial charge on any atom is 0.308 e. The lowest BCUT2D eigenvalue weighted by Gasteiger charge is -2.13. The van der Waals surface area contributed by atoms with E-state index < -0.39 is 0 Å². The van der Waals surface area contributed by atoms with Gasteiger partial charge in [0.1, 0.15) is 12.4 Å². The Hall–Kier alpha value is -1.84. The number of ether oxygens (including phenoxy) is 2. The molecule has 1 atom stereocenters. The van der Waals surface area contributed by atoms with E-state index in [-0.39, 0.29) is 12.6 Å². The second-order valence-electron chi connectivity index (χ2n) is 4.22. The van der Waals surface area contributed by atoms with Crippen molar-refractivity contribution in [3.63, 3.8) is 0 Å². The van der Waals surface area contributed by atoms with Gasteiger partial charge in [0.15, 0.2) is 0 Å². The van der Waals surface area contributed by atoms with Crippen molar-refractivity contribution in [3.8, 4) is 5.75 Å². The predicted molar refractivity (Wildman–Crippen MR) is 67.3 cm³/mol. The molecule has 1 aromatic rings. The Morgan fingerprint density at radius 2 is 2.11 bits per heavy atom. The van der Waals surface area contributed by atoms with Crippen LogP contribution in [-0.2, 0) is 20.9 Å². The number of carbonyl (C=O) groups excluding carboxylic acids is 2. The van der Waals surface area contributed by atoms with E-state index in [9.17, 15) is 9.59 Å². The molecule has 0 aromatic heterocycles. The van der Waals surface area contributed by atoms with Gasteiger partial charge in [0.25, 0.3) is 6.47 Å². The first-order chi connectivity index (χ1) is 8.56. The summed E-state index contributed by atoms with van der Waals surface area (Å²) in [4.78, 5) is 21.2. The highest BCUT2D eigenvalue weighted by Gasteiger charge is 2.09. The molecule has 0 aliphatic carbocycles. The van der Waals surface area contributed by atoms with Crippen LogP contribution in [0.2, 0.25) is 0 Å². The van der Waals surface area contributed by atoms with Crippen LogP contribution in [-0.4, -0.2) is 12.4 Å². The third-order valence-corrected chi connectivity index (χ3v) is 2.75. The van der Waals surface area contributed by atoms with Crippen LogP contribution in [0, 0.1) is 0 Å². The van der Waals surface area contributed by atoms with E-state index in [0.29, 0.717) is 18.1 Å². The minimum Gasteiger partial charge on any atom is -0.463 e. The van der Waals surface area contributed by atoms with Gasteiger partial charge in [-0.2, -0.15) is 0 Å². The van der Waals surface area contributed by atoms with Gasteiger partial charge in [-0.3, -0.25) is 9.59 Å².